The van der Waals surface area contributed by atoms with Crippen molar-refractivity contribution in [3.05, 3.63) is 121 Å². The fourth-order valence-electron chi connectivity index (χ4n) is 1.43. The van der Waals surface area contributed by atoms with Gasteiger partial charge in [-0.1, -0.05) is 36.4 Å². The van der Waals surface area contributed by atoms with Gasteiger partial charge in [-0.2, -0.15) is 0 Å². The summed E-state index contributed by atoms with van der Waals surface area (Å²) in [5, 5.41) is 0. The van der Waals surface area contributed by atoms with E-state index in [0.29, 0.717) is 8.35 Å². The smallest absolute Gasteiger partial charge is 0 e. The minimum Gasteiger partial charge on any atom is 0 e. The summed E-state index contributed by atoms with van der Waals surface area (Å²) in [6.45, 7) is 40.5. The van der Waals surface area contributed by atoms with Gasteiger partial charge in [-0.3, -0.25) is 4.67 Å². The van der Waals surface area contributed by atoms with E-state index in [1.54, 1.807) is 0 Å². The van der Waals surface area contributed by atoms with Crippen molar-refractivity contribution >= 4 is 35.4 Å². The summed E-state index contributed by atoms with van der Waals surface area (Å²) in [6.07, 6.45) is 3.82. The average Bonchev–Trinajstić information content (AvgIpc) is 3.06. The molecule has 40 heavy (non-hydrogen) atoms. The maximum absolute atomic E-state index is 7.50. The first-order valence-electron chi connectivity index (χ1n) is 7.89. The van der Waals surface area contributed by atoms with Crippen molar-refractivity contribution < 1.29 is 93.1 Å². The van der Waals surface area contributed by atoms with Crippen LogP contribution in [0.25, 0.3) is 0 Å². The van der Waals surface area contributed by atoms with Crippen LogP contribution in [0.4, 0.5) is 11.4 Å². The summed E-state index contributed by atoms with van der Waals surface area (Å²) >= 11 is 0. The maximum atomic E-state index is 7.50. The van der Waals surface area contributed by atoms with Crippen LogP contribution in [0.1, 0.15) is 0 Å². The topological polar surface area (TPSA) is 186 Å². The minimum absolute atomic E-state index is 0. The van der Waals surface area contributed by atoms with Crippen LogP contribution in [0.5, 0.6) is 0 Å². The standard InChI is InChI=1S/C8H10NP.C7H10NP.9CO.3Fe/c1-9(10-2)8-6-4-3-5-7-8;1-8(9)7-5-3-2-4-6-7;9*1-2;;;/h3-7H,2H2,1H3;2-6H,9H2,1H3;;;;;;;;;;;;/p+2. The minimum atomic E-state index is 0. The Bertz CT molecular complexity index is 787. The number of nitrogens with zero attached hydrogens (tertiary/aromatic N) is 2. The van der Waals surface area contributed by atoms with Crippen LogP contribution in [0.15, 0.2) is 60.7 Å². The van der Waals surface area contributed by atoms with Crippen LogP contribution >= 0.6 is 17.7 Å². The molecule has 0 aliphatic heterocycles. The first kappa shape index (κ1) is 76.9. The molecule has 0 aromatic heterocycles. The number of benzene rings is 2. The van der Waals surface area contributed by atoms with Gasteiger partial charge in [-0.25, -0.2) is 4.67 Å². The molecule has 2 aromatic rings. The Labute approximate surface area is 271 Å². The zero-order valence-corrected chi connectivity index (χ0v) is 26.5. The zero-order chi connectivity index (χ0) is 32.1. The summed E-state index contributed by atoms with van der Waals surface area (Å²) in [5.74, 6) is 0. The van der Waals surface area contributed by atoms with Crippen LogP contribution in [-0.4, -0.2) is 20.4 Å². The van der Waals surface area contributed by atoms with Crippen LogP contribution in [-0.2, 0) is 93.1 Å². The average molecular weight is 712 g/mol. The summed E-state index contributed by atoms with van der Waals surface area (Å²) < 4.78 is 71.7. The van der Waals surface area contributed by atoms with Crippen molar-refractivity contribution in [2.75, 3.05) is 23.4 Å². The van der Waals surface area contributed by atoms with E-state index < -0.39 is 0 Å². The fourth-order valence-corrected chi connectivity index (χ4v) is 1.97. The molecule has 0 amide bonds. The summed E-state index contributed by atoms with van der Waals surface area (Å²) in [5.41, 5.74) is 2.49. The van der Waals surface area contributed by atoms with E-state index in [1.165, 1.54) is 11.4 Å². The Kier molecular flexibility index (Phi) is 209. The van der Waals surface area contributed by atoms with Crippen LogP contribution in [0.2, 0.25) is 0 Å². The van der Waals surface area contributed by atoms with Crippen molar-refractivity contribution in [2.45, 2.75) is 0 Å². The normalized spacial score (nSPS) is 5.00. The largest absolute Gasteiger partial charge is 0 e. The van der Waals surface area contributed by atoms with Crippen molar-refractivity contribution in [3.63, 3.8) is 0 Å². The Morgan fingerprint density at radius 2 is 0.700 bits per heavy atom. The molecule has 11 nitrogen and oxygen atoms in total. The Hall–Kier alpha value is -2.14. The monoisotopic (exact) mass is 712 g/mol. The molecule has 0 spiro atoms. The second kappa shape index (κ2) is 109. The van der Waals surface area contributed by atoms with Crippen molar-refractivity contribution in [1.82, 2.24) is 0 Å². The Balaban J connectivity index is -0.0000000241. The van der Waals surface area contributed by atoms with Gasteiger partial charge in [0.1, 0.15) is 0 Å². The van der Waals surface area contributed by atoms with E-state index in [4.69, 9.17) is 41.9 Å². The summed E-state index contributed by atoms with van der Waals surface area (Å²) in [6, 6.07) is 20.5. The molecule has 0 aliphatic carbocycles. The molecule has 2 atom stereocenters. The van der Waals surface area contributed by atoms with Crippen molar-refractivity contribution in [1.29, 1.82) is 0 Å². The molecule has 2 rings (SSSR count). The summed E-state index contributed by atoms with van der Waals surface area (Å²) in [7, 11) is 6.53. The molecule has 0 saturated carbocycles. The van der Waals surface area contributed by atoms with E-state index in [9.17, 15) is 0 Å². The summed E-state index contributed by atoms with van der Waals surface area (Å²) in [4.78, 5) is 0. The molecule has 16 heteroatoms. The second-order valence-electron chi connectivity index (χ2n) is 4.09. The molecular formula is C24H22Fe3N2O9P2+2. The zero-order valence-electron chi connectivity index (χ0n) is 20.8. The van der Waals surface area contributed by atoms with Gasteiger partial charge >= 0.3 is 102 Å². The first-order chi connectivity index (χ1) is 18.1. The van der Waals surface area contributed by atoms with Crippen LogP contribution in [0.3, 0.4) is 0 Å². The van der Waals surface area contributed by atoms with E-state index >= 15 is 0 Å². The maximum Gasteiger partial charge on any atom is 0 e. The van der Waals surface area contributed by atoms with Gasteiger partial charge in [-0.05, 0) is 24.3 Å². The van der Waals surface area contributed by atoms with Crippen molar-refractivity contribution in [2.24, 2.45) is 0 Å². The van der Waals surface area contributed by atoms with E-state index in [2.05, 4.69) is 99.8 Å². The quantitative estimate of drug-likeness (QED) is 0.205. The molecule has 0 fully saturated rings. The molecule has 214 valence electrons. The molecule has 0 heterocycles. The van der Waals surface area contributed by atoms with Gasteiger partial charge in [0, 0.05) is 65.3 Å². The van der Waals surface area contributed by atoms with E-state index in [-0.39, 0.29) is 51.2 Å². The molecule has 0 radical (unpaired) electrons. The number of hydrogen-bond acceptors (Lipinski definition) is 2. The number of rotatable bonds is 3. The Morgan fingerprint density at radius 3 is 0.850 bits per heavy atom. The number of para-hydroxylation sites is 2. The molecular weight excluding hydrogens is 690 g/mol. The van der Waals surface area contributed by atoms with Gasteiger partial charge in [-0.15, -0.1) is 0 Å². The van der Waals surface area contributed by atoms with Gasteiger partial charge in [0.25, 0.3) is 0 Å². The SMILES string of the molecule is C=[PH+]N(C)c1ccccc1.CN([PH3+])c1ccccc1.[C-]#[O+].[C-]#[O+].[C-]#[O+].[C-]#[O+].[C-]#[O+].[C-]#[O+].[C-]#[O+].[C-]#[O+].[C-]#[O+].[Fe].[Fe].[Fe]. The van der Waals surface area contributed by atoms with E-state index in [1.807, 2.05) is 59.9 Å². The molecule has 0 aliphatic rings. The predicted molar refractivity (Wildman–Crippen MR) is 132 cm³/mol. The first-order valence-corrected chi connectivity index (χ1v) is 9.68. The third-order valence-corrected chi connectivity index (χ3v) is 3.68. The van der Waals surface area contributed by atoms with Crippen LogP contribution < -0.4 is 9.34 Å². The third-order valence-electron chi connectivity index (χ3n) is 2.58. The number of hydrogen-bond donors (Lipinski definition) is 0. The molecule has 0 N–H and O–H groups in total. The van der Waals surface area contributed by atoms with Crippen LogP contribution in [0, 0.1) is 59.9 Å². The fraction of sp³-hybridized carbons (Fsp3) is 0.0833. The molecule has 2 aromatic carbocycles. The van der Waals surface area contributed by atoms with Crippen molar-refractivity contribution in [3.8, 4) is 0 Å². The van der Waals surface area contributed by atoms with Gasteiger partial charge in [0.15, 0.2) is 8.35 Å². The predicted octanol–water partition coefficient (Wildman–Crippen LogP) is 3.45. The third kappa shape index (κ3) is 76.5. The molecule has 2 unspecified atom stereocenters. The second-order valence-corrected chi connectivity index (χ2v) is 6.02. The molecule has 0 bridgehead atoms. The van der Waals surface area contributed by atoms with Gasteiger partial charge < -0.3 is 0 Å². The van der Waals surface area contributed by atoms with Gasteiger partial charge in [0.05, 0.1) is 27.1 Å². The van der Waals surface area contributed by atoms with E-state index in [0.717, 1.165) is 0 Å². The Morgan fingerprint density at radius 1 is 0.500 bits per heavy atom. The molecule has 0 saturated heterocycles. The van der Waals surface area contributed by atoms with Gasteiger partial charge in [0.2, 0.25) is 0 Å². The number of anilines is 2.